The lowest BCUT2D eigenvalue weighted by Crippen LogP contribution is -2.33. The van der Waals surface area contributed by atoms with Crippen LogP contribution in [0, 0.1) is 0 Å². The van der Waals surface area contributed by atoms with Gasteiger partial charge in [0.05, 0.1) is 12.9 Å². The summed E-state index contributed by atoms with van der Waals surface area (Å²) in [6.45, 7) is 0. The molecule has 4 rings (SSSR count). The zero-order valence-electron chi connectivity index (χ0n) is 17.1. The van der Waals surface area contributed by atoms with Gasteiger partial charge in [0.25, 0.3) is 0 Å². The number of aromatic nitrogens is 3. The summed E-state index contributed by atoms with van der Waals surface area (Å²) in [4.78, 5) is 12.4. The fourth-order valence-electron chi connectivity index (χ4n) is 4.45. The largest absolute Gasteiger partial charge is 0.497 e. The molecule has 0 radical (unpaired) electrons. The van der Waals surface area contributed by atoms with Crippen molar-refractivity contribution < 1.29 is 9.53 Å². The number of ether oxygens (including phenoxy) is 1. The first kappa shape index (κ1) is 20.3. The molecule has 1 aromatic carbocycles. The van der Waals surface area contributed by atoms with Crippen LogP contribution in [0.25, 0.3) is 11.4 Å². The van der Waals surface area contributed by atoms with Crippen LogP contribution in [0.4, 0.5) is 0 Å². The predicted molar refractivity (Wildman–Crippen MR) is 115 cm³/mol. The second-order valence-corrected chi connectivity index (χ2v) is 8.98. The maximum atomic E-state index is 12.4. The molecule has 2 saturated carbocycles. The second-order valence-electron chi connectivity index (χ2n) is 8.03. The fraction of sp³-hybridized carbons (Fsp3) is 0.591. The number of nitrogens with zero attached hydrogens (tertiary/aromatic N) is 3. The van der Waals surface area contributed by atoms with Gasteiger partial charge in [0.1, 0.15) is 5.75 Å². The smallest absolute Gasteiger partial charge is 0.230 e. The summed E-state index contributed by atoms with van der Waals surface area (Å²) in [5, 5.41) is 13.0. The van der Waals surface area contributed by atoms with E-state index in [1.165, 1.54) is 43.9 Å². The van der Waals surface area contributed by atoms with Crippen LogP contribution in [0.3, 0.4) is 0 Å². The van der Waals surface area contributed by atoms with Crippen molar-refractivity contribution in [2.75, 3.05) is 12.9 Å². The van der Waals surface area contributed by atoms with Gasteiger partial charge in [0.2, 0.25) is 5.91 Å². The molecule has 0 atom stereocenters. The molecule has 1 heterocycles. The van der Waals surface area contributed by atoms with E-state index >= 15 is 0 Å². The van der Waals surface area contributed by atoms with Gasteiger partial charge in [-0.15, -0.1) is 10.2 Å². The van der Waals surface area contributed by atoms with Crippen LogP contribution in [0.2, 0.25) is 0 Å². The molecule has 7 heteroatoms. The molecule has 29 heavy (non-hydrogen) atoms. The van der Waals surface area contributed by atoms with E-state index in [9.17, 15) is 4.79 Å². The van der Waals surface area contributed by atoms with Crippen LogP contribution in [-0.4, -0.2) is 39.6 Å². The standard InChI is InChI=1S/C22H30N4O2S/c1-28-19-13-11-16(12-14-19)21-24-25-22(26(21)18-9-3-2-4-10-18)29-15-20(27)23-17-7-5-6-8-17/h11-14,17-18H,2-10,15H2,1H3,(H,23,27). The summed E-state index contributed by atoms with van der Waals surface area (Å²) in [6.07, 6.45) is 10.7. The lowest BCUT2D eigenvalue weighted by Gasteiger charge is -2.25. The summed E-state index contributed by atoms with van der Waals surface area (Å²) in [7, 11) is 1.67. The molecule has 2 aliphatic rings. The number of hydrogen-bond acceptors (Lipinski definition) is 5. The van der Waals surface area contributed by atoms with Gasteiger partial charge in [-0.3, -0.25) is 9.36 Å². The molecule has 0 aliphatic heterocycles. The molecule has 0 spiro atoms. The van der Waals surface area contributed by atoms with Crippen LogP contribution in [0.5, 0.6) is 5.75 Å². The number of hydrogen-bond donors (Lipinski definition) is 1. The van der Waals surface area contributed by atoms with E-state index in [1.807, 2.05) is 24.3 Å². The number of benzene rings is 1. The van der Waals surface area contributed by atoms with Gasteiger partial charge in [-0.1, -0.05) is 43.9 Å². The Morgan fingerprint density at radius 3 is 2.45 bits per heavy atom. The van der Waals surface area contributed by atoms with E-state index in [1.54, 1.807) is 7.11 Å². The summed E-state index contributed by atoms with van der Waals surface area (Å²) in [5.41, 5.74) is 1.03. The van der Waals surface area contributed by atoms with Gasteiger partial charge < -0.3 is 10.1 Å². The third kappa shape index (κ3) is 4.94. The predicted octanol–water partition coefficient (Wildman–Crippen LogP) is 4.61. The average Bonchev–Trinajstić information content (AvgIpc) is 3.43. The molecule has 1 aromatic heterocycles. The first-order valence-corrected chi connectivity index (χ1v) is 11.7. The minimum absolute atomic E-state index is 0.103. The Bertz CT molecular complexity index is 809. The highest BCUT2D eigenvalue weighted by Gasteiger charge is 2.25. The Morgan fingerprint density at radius 2 is 1.76 bits per heavy atom. The Balaban J connectivity index is 1.52. The monoisotopic (exact) mass is 414 g/mol. The summed E-state index contributed by atoms with van der Waals surface area (Å²) >= 11 is 1.51. The highest BCUT2D eigenvalue weighted by atomic mass is 32.2. The maximum absolute atomic E-state index is 12.4. The van der Waals surface area contributed by atoms with E-state index in [4.69, 9.17) is 4.74 Å². The number of nitrogens with one attached hydrogen (secondary N) is 1. The molecular weight excluding hydrogens is 384 g/mol. The molecule has 0 unspecified atom stereocenters. The number of thioether (sulfide) groups is 1. The van der Waals surface area contributed by atoms with Crippen molar-refractivity contribution in [2.24, 2.45) is 0 Å². The highest BCUT2D eigenvalue weighted by molar-refractivity contribution is 7.99. The zero-order valence-corrected chi connectivity index (χ0v) is 17.9. The Hall–Kier alpha value is -2.02. The zero-order chi connectivity index (χ0) is 20.1. The highest BCUT2D eigenvalue weighted by Crippen LogP contribution is 2.36. The van der Waals surface area contributed by atoms with E-state index in [0.29, 0.717) is 17.8 Å². The minimum atomic E-state index is 0.103. The van der Waals surface area contributed by atoms with Crippen molar-refractivity contribution >= 4 is 17.7 Å². The number of carbonyl (C=O) groups excluding carboxylic acids is 1. The average molecular weight is 415 g/mol. The number of carbonyl (C=O) groups is 1. The second kappa shape index (κ2) is 9.65. The topological polar surface area (TPSA) is 69.0 Å². The summed E-state index contributed by atoms with van der Waals surface area (Å²) < 4.78 is 7.56. The van der Waals surface area contributed by atoms with Crippen molar-refractivity contribution in [1.82, 2.24) is 20.1 Å². The van der Waals surface area contributed by atoms with Gasteiger partial charge >= 0.3 is 0 Å². The lowest BCUT2D eigenvalue weighted by atomic mass is 9.95. The lowest BCUT2D eigenvalue weighted by molar-refractivity contribution is -0.119. The van der Waals surface area contributed by atoms with Gasteiger partial charge in [0, 0.05) is 17.6 Å². The summed E-state index contributed by atoms with van der Waals surface area (Å²) in [5.74, 6) is 2.21. The first-order chi connectivity index (χ1) is 14.2. The molecule has 1 amide bonds. The molecule has 0 bridgehead atoms. The third-order valence-electron chi connectivity index (χ3n) is 6.01. The molecular formula is C22H30N4O2S. The fourth-order valence-corrected chi connectivity index (χ4v) is 5.27. The molecule has 156 valence electrons. The minimum Gasteiger partial charge on any atom is -0.497 e. The van der Waals surface area contributed by atoms with Crippen LogP contribution in [-0.2, 0) is 4.79 Å². The van der Waals surface area contributed by atoms with Gasteiger partial charge in [-0.2, -0.15) is 0 Å². The van der Waals surface area contributed by atoms with Crippen LogP contribution < -0.4 is 10.1 Å². The number of amides is 1. The van der Waals surface area contributed by atoms with Crippen LogP contribution in [0.1, 0.15) is 63.8 Å². The van der Waals surface area contributed by atoms with Crippen molar-refractivity contribution in [3.05, 3.63) is 24.3 Å². The van der Waals surface area contributed by atoms with Gasteiger partial charge in [-0.05, 0) is 49.9 Å². The first-order valence-electron chi connectivity index (χ1n) is 10.8. The van der Waals surface area contributed by atoms with Crippen molar-refractivity contribution in [2.45, 2.75) is 75.0 Å². The molecule has 0 saturated heterocycles. The summed E-state index contributed by atoms with van der Waals surface area (Å²) in [6, 6.07) is 8.73. The van der Waals surface area contributed by atoms with Crippen molar-refractivity contribution in [3.63, 3.8) is 0 Å². The SMILES string of the molecule is COc1ccc(-c2nnc(SCC(=O)NC3CCCC3)n2C2CCCCC2)cc1. The molecule has 6 nitrogen and oxygen atoms in total. The normalized spacial score (nSPS) is 18.1. The van der Waals surface area contributed by atoms with E-state index < -0.39 is 0 Å². The van der Waals surface area contributed by atoms with E-state index in [0.717, 1.165) is 48.0 Å². The number of rotatable bonds is 7. The van der Waals surface area contributed by atoms with Crippen LogP contribution in [0.15, 0.2) is 29.4 Å². The Morgan fingerprint density at radius 1 is 1.07 bits per heavy atom. The molecule has 1 N–H and O–H groups in total. The Labute approximate surface area is 176 Å². The number of methoxy groups -OCH3 is 1. The van der Waals surface area contributed by atoms with Crippen LogP contribution >= 0.6 is 11.8 Å². The quantitative estimate of drug-likeness (QED) is 0.670. The third-order valence-corrected chi connectivity index (χ3v) is 6.95. The van der Waals surface area contributed by atoms with E-state index in [2.05, 4.69) is 20.1 Å². The molecule has 2 fully saturated rings. The van der Waals surface area contributed by atoms with Gasteiger partial charge in [0.15, 0.2) is 11.0 Å². The Kier molecular flexibility index (Phi) is 6.74. The van der Waals surface area contributed by atoms with Crippen molar-refractivity contribution in [1.29, 1.82) is 0 Å². The molecule has 2 aromatic rings. The van der Waals surface area contributed by atoms with Gasteiger partial charge in [-0.25, -0.2) is 0 Å². The van der Waals surface area contributed by atoms with E-state index in [-0.39, 0.29) is 5.91 Å². The maximum Gasteiger partial charge on any atom is 0.230 e. The molecule has 2 aliphatic carbocycles. The van der Waals surface area contributed by atoms with Crippen molar-refractivity contribution in [3.8, 4) is 17.1 Å².